The minimum Gasteiger partial charge on any atom is -0.388 e. The smallest absolute Gasteiger partial charge is 0.0813 e. The molecule has 1 aromatic rings. The zero-order valence-corrected chi connectivity index (χ0v) is 14.1. The van der Waals surface area contributed by atoms with Gasteiger partial charge in [-0.15, -0.1) is 0 Å². The third-order valence-electron chi connectivity index (χ3n) is 4.56. The summed E-state index contributed by atoms with van der Waals surface area (Å²) in [6.07, 6.45) is 3.06. The normalized spacial score (nSPS) is 19.4. The number of aliphatic hydroxyl groups excluding tert-OH is 1. The summed E-state index contributed by atoms with van der Waals surface area (Å²) in [5.41, 5.74) is 1.00. The van der Waals surface area contributed by atoms with Crippen LogP contribution in [0.25, 0.3) is 0 Å². The number of hydrogen-bond donors (Lipinski definition) is 1. The Kier molecular flexibility index (Phi) is 6.06. The van der Waals surface area contributed by atoms with Crippen molar-refractivity contribution in [3.05, 3.63) is 34.3 Å². The summed E-state index contributed by atoms with van der Waals surface area (Å²) in [5, 5.41) is 10.3. The highest BCUT2D eigenvalue weighted by Gasteiger charge is 2.22. The summed E-state index contributed by atoms with van der Waals surface area (Å²) >= 11 is 3.51. The second kappa shape index (κ2) is 7.58. The van der Waals surface area contributed by atoms with Gasteiger partial charge in [0.2, 0.25) is 0 Å². The summed E-state index contributed by atoms with van der Waals surface area (Å²) in [6, 6.07) is 7.96. The average molecular weight is 340 g/mol. The van der Waals surface area contributed by atoms with E-state index in [-0.39, 0.29) is 6.10 Å². The lowest BCUT2D eigenvalue weighted by Crippen LogP contribution is -2.36. The van der Waals surface area contributed by atoms with E-state index in [1.165, 1.54) is 25.9 Å². The van der Waals surface area contributed by atoms with E-state index < -0.39 is 0 Å². The molecular formula is C17H26BrNO. The number of halogens is 1. The van der Waals surface area contributed by atoms with E-state index in [1.54, 1.807) is 0 Å². The van der Waals surface area contributed by atoms with Crippen molar-refractivity contribution in [2.45, 2.75) is 39.2 Å². The summed E-state index contributed by atoms with van der Waals surface area (Å²) < 4.78 is 1.01. The van der Waals surface area contributed by atoms with Gasteiger partial charge in [-0.2, -0.15) is 0 Å². The van der Waals surface area contributed by atoms with Crippen molar-refractivity contribution in [2.75, 3.05) is 19.6 Å². The van der Waals surface area contributed by atoms with Gasteiger partial charge in [0.15, 0.2) is 0 Å². The first-order valence-electron chi connectivity index (χ1n) is 7.72. The van der Waals surface area contributed by atoms with Crippen molar-refractivity contribution in [3.8, 4) is 0 Å². The maximum Gasteiger partial charge on any atom is 0.0813 e. The van der Waals surface area contributed by atoms with Crippen LogP contribution in [0.1, 0.15) is 44.8 Å². The molecule has 0 bridgehead atoms. The van der Waals surface area contributed by atoms with Crippen LogP contribution in [0, 0.1) is 11.8 Å². The largest absolute Gasteiger partial charge is 0.388 e. The Bertz CT molecular complexity index is 413. The van der Waals surface area contributed by atoms with Crippen molar-refractivity contribution in [1.29, 1.82) is 0 Å². The van der Waals surface area contributed by atoms with Crippen LogP contribution in [-0.2, 0) is 0 Å². The fourth-order valence-electron chi connectivity index (χ4n) is 3.05. The number of piperidine rings is 1. The molecule has 1 aromatic carbocycles. The van der Waals surface area contributed by atoms with Gasteiger partial charge in [-0.25, -0.2) is 0 Å². The molecule has 3 heteroatoms. The van der Waals surface area contributed by atoms with Gasteiger partial charge >= 0.3 is 0 Å². The van der Waals surface area contributed by atoms with Crippen molar-refractivity contribution in [1.82, 2.24) is 4.90 Å². The van der Waals surface area contributed by atoms with E-state index in [0.29, 0.717) is 0 Å². The van der Waals surface area contributed by atoms with Crippen LogP contribution in [0.3, 0.4) is 0 Å². The Morgan fingerprint density at radius 3 is 2.50 bits per heavy atom. The lowest BCUT2D eigenvalue weighted by Gasteiger charge is -2.34. The van der Waals surface area contributed by atoms with Crippen molar-refractivity contribution in [2.24, 2.45) is 11.8 Å². The minimum absolute atomic E-state index is 0.367. The molecule has 2 rings (SSSR count). The molecule has 2 nitrogen and oxygen atoms in total. The van der Waals surface area contributed by atoms with Crippen LogP contribution in [0.15, 0.2) is 28.7 Å². The van der Waals surface area contributed by atoms with Crippen LogP contribution in [0.5, 0.6) is 0 Å². The topological polar surface area (TPSA) is 23.5 Å². The average Bonchev–Trinajstić information content (AvgIpc) is 2.45. The molecule has 0 amide bonds. The van der Waals surface area contributed by atoms with Gasteiger partial charge in [0.25, 0.3) is 0 Å². The Morgan fingerprint density at radius 2 is 1.90 bits per heavy atom. The lowest BCUT2D eigenvalue weighted by atomic mass is 9.86. The molecule has 1 aliphatic rings. The lowest BCUT2D eigenvalue weighted by molar-refractivity contribution is 0.114. The molecular weight excluding hydrogens is 314 g/mol. The second-order valence-electron chi connectivity index (χ2n) is 6.25. The summed E-state index contributed by atoms with van der Waals surface area (Å²) in [4.78, 5) is 2.50. The van der Waals surface area contributed by atoms with Gasteiger partial charge in [0.05, 0.1) is 6.10 Å². The third kappa shape index (κ3) is 4.31. The first-order valence-corrected chi connectivity index (χ1v) is 8.52. The highest BCUT2D eigenvalue weighted by molar-refractivity contribution is 9.10. The van der Waals surface area contributed by atoms with Crippen LogP contribution < -0.4 is 0 Å². The Morgan fingerprint density at radius 1 is 1.25 bits per heavy atom. The molecule has 1 saturated heterocycles. The number of likely N-dealkylation sites (tertiary alicyclic amines) is 1. The van der Waals surface area contributed by atoms with Crippen LogP contribution in [0.2, 0.25) is 0 Å². The highest BCUT2D eigenvalue weighted by Crippen LogP contribution is 2.27. The van der Waals surface area contributed by atoms with E-state index in [1.807, 2.05) is 24.3 Å². The SMILES string of the molecule is CC(C)C1CCN(CCC(O)c2ccccc2Br)CC1. The third-order valence-corrected chi connectivity index (χ3v) is 5.28. The zero-order chi connectivity index (χ0) is 14.5. The van der Waals surface area contributed by atoms with Gasteiger partial charge in [-0.1, -0.05) is 48.0 Å². The highest BCUT2D eigenvalue weighted by atomic mass is 79.9. The van der Waals surface area contributed by atoms with Gasteiger partial charge in [-0.05, 0) is 55.8 Å². The van der Waals surface area contributed by atoms with Crippen LogP contribution >= 0.6 is 15.9 Å². The maximum absolute atomic E-state index is 10.3. The van der Waals surface area contributed by atoms with E-state index in [9.17, 15) is 5.11 Å². The Labute approximate surface area is 131 Å². The first-order chi connectivity index (χ1) is 9.58. The standard InChI is InChI=1S/C17H26BrNO/c1-13(2)14-7-10-19(11-8-14)12-9-17(20)15-5-3-4-6-16(15)18/h3-6,13-14,17,20H,7-12H2,1-2H3. The van der Waals surface area contributed by atoms with E-state index in [2.05, 4.69) is 34.7 Å². The van der Waals surface area contributed by atoms with Gasteiger partial charge in [-0.3, -0.25) is 0 Å². The number of aliphatic hydroxyl groups is 1. The number of nitrogens with zero attached hydrogens (tertiary/aromatic N) is 1. The fraction of sp³-hybridized carbons (Fsp3) is 0.647. The van der Waals surface area contributed by atoms with Crippen molar-refractivity contribution >= 4 is 15.9 Å². The molecule has 0 aromatic heterocycles. The summed E-state index contributed by atoms with van der Waals surface area (Å²) in [6.45, 7) is 8.03. The fourth-order valence-corrected chi connectivity index (χ4v) is 3.60. The van der Waals surface area contributed by atoms with E-state index >= 15 is 0 Å². The maximum atomic E-state index is 10.3. The Hall–Kier alpha value is -0.380. The molecule has 1 unspecified atom stereocenters. The number of hydrogen-bond acceptors (Lipinski definition) is 2. The molecule has 20 heavy (non-hydrogen) atoms. The van der Waals surface area contributed by atoms with E-state index in [0.717, 1.165) is 34.8 Å². The summed E-state index contributed by atoms with van der Waals surface area (Å²) in [7, 11) is 0. The predicted molar refractivity (Wildman–Crippen MR) is 87.7 cm³/mol. The monoisotopic (exact) mass is 339 g/mol. The predicted octanol–water partition coefficient (Wildman–Crippen LogP) is 4.24. The van der Waals surface area contributed by atoms with Crippen molar-refractivity contribution in [3.63, 3.8) is 0 Å². The molecule has 0 saturated carbocycles. The Balaban J connectivity index is 1.78. The van der Waals surface area contributed by atoms with Crippen LogP contribution in [0.4, 0.5) is 0 Å². The number of benzene rings is 1. The van der Waals surface area contributed by atoms with Crippen molar-refractivity contribution < 1.29 is 5.11 Å². The molecule has 1 aliphatic heterocycles. The molecule has 1 heterocycles. The molecule has 112 valence electrons. The van der Waals surface area contributed by atoms with Gasteiger partial charge < -0.3 is 10.0 Å². The molecule has 1 N–H and O–H groups in total. The van der Waals surface area contributed by atoms with Crippen LogP contribution in [-0.4, -0.2) is 29.6 Å². The molecule has 0 radical (unpaired) electrons. The van der Waals surface area contributed by atoms with Gasteiger partial charge in [0.1, 0.15) is 0 Å². The first kappa shape index (κ1) is 16.0. The van der Waals surface area contributed by atoms with Gasteiger partial charge in [0, 0.05) is 11.0 Å². The molecule has 1 fully saturated rings. The quantitative estimate of drug-likeness (QED) is 0.867. The summed E-state index contributed by atoms with van der Waals surface area (Å²) in [5.74, 6) is 1.70. The second-order valence-corrected chi connectivity index (χ2v) is 7.10. The molecule has 0 spiro atoms. The molecule has 0 aliphatic carbocycles. The number of rotatable bonds is 5. The molecule has 1 atom stereocenters. The minimum atomic E-state index is -0.367. The zero-order valence-electron chi connectivity index (χ0n) is 12.6. The van der Waals surface area contributed by atoms with E-state index in [4.69, 9.17) is 0 Å².